The van der Waals surface area contributed by atoms with Gasteiger partial charge in [-0.05, 0) is 29.5 Å². The lowest BCUT2D eigenvalue weighted by Crippen LogP contribution is -2.00. The molecule has 116 valence electrons. The lowest BCUT2D eigenvalue weighted by Gasteiger charge is -2.08. The second-order valence-electron chi connectivity index (χ2n) is 5.17. The molecule has 2 rings (SSSR count). The van der Waals surface area contributed by atoms with Crippen LogP contribution in [0.2, 0.25) is 0 Å². The van der Waals surface area contributed by atoms with Gasteiger partial charge in [-0.2, -0.15) is 0 Å². The smallest absolute Gasteiger partial charge is 0.173 e. The zero-order valence-electron chi connectivity index (χ0n) is 12.1. The molecule has 2 aromatic rings. The number of alkyl halides is 2. The highest BCUT2D eigenvalue weighted by Gasteiger charge is 2.06. The van der Waals surface area contributed by atoms with Crippen LogP contribution in [0.1, 0.15) is 33.2 Å². The van der Waals surface area contributed by atoms with Gasteiger partial charge in [0.05, 0.1) is 11.4 Å². The number of carbonyl (C=O) groups excluding carboxylic acids is 1. The van der Waals surface area contributed by atoms with Gasteiger partial charge in [-0.3, -0.25) is 4.79 Å². The predicted octanol–water partition coefficient (Wildman–Crippen LogP) is 4.48. The maximum Gasteiger partial charge on any atom is 0.173 e. The highest BCUT2D eigenvalue weighted by molar-refractivity contribution is 9.09. The molecule has 0 saturated heterocycles. The average Bonchev–Trinajstić information content (AvgIpc) is 2.59. The Morgan fingerprint density at radius 3 is 1.86 bits per heavy atom. The zero-order valence-corrected chi connectivity index (χ0v) is 15.3. The summed E-state index contributed by atoms with van der Waals surface area (Å²) in [5.41, 5.74) is 4.13. The van der Waals surface area contributed by atoms with E-state index in [1.165, 1.54) is 11.1 Å². The Morgan fingerprint density at radius 1 is 0.909 bits per heavy atom. The van der Waals surface area contributed by atoms with E-state index in [1.807, 2.05) is 36.4 Å². The molecule has 1 atom stereocenters. The predicted molar refractivity (Wildman–Crippen MR) is 97.2 cm³/mol. The van der Waals surface area contributed by atoms with Crippen molar-refractivity contribution in [2.45, 2.75) is 18.9 Å². The Labute approximate surface area is 147 Å². The molecule has 1 unspecified atom stereocenters. The van der Waals surface area contributed by atoms with Gasteiger partial charge >= 0.3 is 0 Å². The van der Waals surface area contributed by atoms with Gasteiger partial charge in [0.25, 0.3) is 0 Å². The first kappa shape index (κ1) is 17.4. The minimum atomic E-state index is -0.450. The molecule has 22 heavy (non-hydrogen) atoms. The lowest BCUT2D eigenvalue weighted by molar-refractivity contribution is 0.102. The monoisotopic (exact) mass is 424 g/mol. The van der Waals surface area contributed by atoms with Gasteiger partial charge in [0.15, 0.2) is 5.78 Å². The van der Waals surface area contributed by atoms with E-state index in [4.69, 9.17) is 0 Å². The molecule has 0 spiro atoms. The fourth-order valence-electron chi connectivity index (χ4n) is 2.22. The van der Waals surface area contributed by atoms with Crippen LogP contribution >= 0.6 is 31.9 Å². The third kappa shape index (κ3) is 4.77. The van der Waals surface area contributed by atoms with Crippen molar-refractivity contribution in [2.24, 2.45) is 0 Å². The highest BCUT2D eigenvalue weighted by Crippen LogP contribution is 2.17. The van der Waals surface area contributed by atoms with Gasteiger partial charge in [-0.25, -0.2) is 0 Å². The summed E-state index contributed by atoms with van der Waals surface area (Å²) in [6.07, 6.45) is 1.42. The second-order valence-corrected chi connectivity index (χ2v) is 6.37. The zero-order chi connectivity index (χ0) is 15.9. The van der Waals surface area contributed by atoms with Gasteiger partial charge < -0.3 is 5.11 Å². The van der Waals surface area contributed by atoms with Gasteiger partial charge in [0.1, 0.15) is 0 Å². The van der Waals surface area contributed by atoms with Crippen LogP contribution in [0.25, 0.3) is 0 Å². The lowest BCUT2D eigenvalue weighted by atomic mass is 10.0. The Bertz CT molecular complexity index is 606. The number of rotatable bonds is 7. The first-order valence-electron chi connectivity index (χ1n) is 7.15. The van der Waals surface area contributed by atoms with E-state index in [0.29, 0.717) is 10.7 Å². The summed E-state index contributed by atoms with van der Waals surface area (Å²) >= 11 is 6.46. The minimum absolute atomic E-state index is 0.104. The van der Waals surface area contributed by atoms with E-state index >= 15 is 0 Å². The number of Topliss-reactive ketones (excluding diaryl/α,β-unsaturated/α-hetero) is 1. The molecular formula is C18H18Br2O2. The Morgan fingerprint density at radius 2 is 1.41 bits per heavy atom. The minimum Gasteiger partial charge on any atom is -0.388 e. The van der Waals surface area contributed by atoms with Crippen LogP contribution in [0.5, 0.6) is 0 Å². The molecule has 0 heterocycles. The maximum absolute atomic E-state index is 11.5. The highest BCUT2D eigenvalue weighted by atomic mass is 79.9. The van der Waals surface area contributed by atoms with E-state index in [0.717, 1.165) is 24.0 Å². The molecule has 0 fully saturated rings. The first-order chi connectivity index (χ1) is 10.6. The number of aliphatic hydroxyl groups excluding tert-OH is 1. The van der Waals surface area contributed by atoms with E-state index in [9.17, 15) is 9.90 Å². The molecule has 2 nitrogen and oxygen atoms in total. The van der Waals surface area contributed by atoms with Crippen LogP contribution in [0.4, 0.5) is 0 Å². The molecule has 0 radical (unpaired) electrons. The van der Waals surface area contributed by atoms with Crippen molar-refractivity contribution in [3.05, 3.63) is 70.8 Å². The summed E-state index contributed by atoms with van der Waals surface area (Å²) in [6, 6.07) is 15.9. The van der Waals surface area contributed by atoms with Gasteiger partial charge in [0.2, 0.25) is 0 Å². The molecule has 0 aliphatic heterocycles. The third-order valence-corrected chi connectivity index (χ3v) is 4.73. The van der Waals surface area contributed by atoms with Crippen molar-refractivity contribution < 1.29 is 9.90 Å². The summed E-state index contributed by atoms with van der Waals surface area (Å²) in [6.45, 7) is 0. The summed E-state index contributed by atoms with van der Waals surface area (Å²) in [7, 11) is 0. The summed E-state index contributed by atoms with van der Waals surface area (Å²) in [4.78, 5) is 11.5. The Kier molecular flexibility index (Phi) is 6.80. The van der Waals surface area contributed by atoms with E-state index in [2.05, 4.69) is 44.0 Å². The van der Waals surface area contributed by atoms with Crippen molar-refractivity contribution in [1.29, 1.82) is 0 Å². The van der Waals surface area contributed by atoms with Crippen molar-refractivity contribution in [2.75, 3.05) is 10.7 Å². The molecule has 2 aromatic carbocycles. The standard InChI is InChI=1S/C18H18Br2O2/c19-11-17(21)15-7-3-13(4-8-15)1-2-14-5-9-16(10-6-14)18(22)12-20/h3-10,17,21H,1-2,11-12H2. The van der Waals surface area contributed by atoms with Gasteiger partial charge in [-0.1, -0.05) is 80.4 Å². The van der Waals surface area contributed by atoms with Crippen molar-refractivity contribution in [3.63, 3.8) is 0 Å². The molecule has 0 saturated carbocycles. The summed E-state index contributed by atoms with van der Waals surface area (Å²) in [5.74, 6) is 0.104. The largest absolute Gasteiger partial charge is 0.388 e. The van der Waals surface area contributed by atoms with E-state index in [-0.39, 0.29) is 5.78 Å². The van der Waals surface area contributed by atoms with Crippen molar-refractivity contribution >= 4 is 37.6 Å². The third-order valence-electron chi connectivity index (χ3n) is 3.61. The number of carbonyl (C=O) groups is 1. The van der Waals surface area contributed by atoms with Crippen LogP contribution < -0.4 is 0 Å². The molecule has 0 aromatic heterocycles. The Balaban J connectivity index is 1.94. The quantitative estimate of drug-likeness (QED) is 0.524. The normalized spacial score (nSPS) is 12.1. The summed E-state index contributed by atoms with van der Waals surface area (Å²) < 4.78 is 0. The van der Waals surface area contributed by atoms with Crippen LogP contribution in [0.3, 0.4) is 0 Å². The van der Waals surface area contributed by atoms with Gasteiger partial charge in [-0.15, -0.1) is 0 Å². The molecular weight excluding hydrogens is 408 g/mol. The van der Waals surface area contributed by atoms with Gasteiger partial charge in [0, 0.05) is 10.9 Å². The van der Waals surface area contributed by atoms with E-state index in [1.54, 1.807) is 0 Å². The van der Waals surface area contributed by atoms with Crippen LogP contribution in [0, 0.1) is 0 Å². The van der Waals surface area contributed by atoms with E-state index < -0.39 is 6.10 Å². The van der Waals surface area contributed by atoms with Crippen LogP contribution in [-0.4, -0.2) is 21.5 Å². The fraction of sp³-hybridized carbons (Fsp3) is 0.278. The first-order valence-corrected chi connectivity index (χ1v) is 9.39. The molecule has 4 heteroatoms. The molecule has 0 amide bonds. The number of hydrogen-bond donors (Lipinski definition) is 1. The number of benzene rings is 2. The summed E-state index contributed by atoms with van der Waals surface area (Å²) in [5, 5.41) is 10.6. The fourth-order valence-corrected chi connectivity index (χ4v) is 2.92. The van der Waals surface area contributed by atoms with Crippen molar-refractivity contribution in [1.82, 2.24) is 0 Å². The number of hydrogen-bond acceptors (Lipinski definition) is 2. The van der Waals surface area contributed by atoms with Crippen LogP contribution in [-0.2, 0) is 12.8 Å². The second kappa shape index (κ2) is 8.61. The molecule has 0 aliphatic carbocycles. The number of aryl methyl sites for hydroxylation is 2. The number of halogens is 2. The van der Waals surface area contributed by atoms with Crippen molar-refractivity contribution in [3.8, 4) is 0 Å². The average molecular weight is 426 g/mol. The van der Waals surface area contributed by atoms with Crippen LogP contribution in [0.15, 0.2) is 48.5 Å². The maximum atomic E-state index is 11.5. The number of aliphatic hydroxyl groups is 1. The molecule has 0 aliphatic rings. The number of ketones is 1. The topological polar surface area (TPSA) is 37.3 Å². The molecule has 0 bridgehead atoms. The SMILES string of the molecule is O=C(CBr)c1ccc(CCc2ccc(C(O)CBr)cc2)cc1. The Hall–Kier alpha value is -0.970. The molecule has 1 N–H and O–H groups in total.